The van der Waals surface area contributed by atoms with Crippen molar-refractivity contribution in [3.8, 4) is 5.75 Å². The Hall–Kier alpha value is -0.770. The van der Waals surface area contributed by atoms with Crippen LogP contribution in [0.5, 0.6) is 5.75 Å². The summed E-state index contributed by atoms with van der Waals surface area (Å²) >= 11 is 6.24. The van der Waals surface area contributed by atoms with Gasteiger partial charge in [-0.05, 0) is 56.0 Å². The Bertz CT molecular complexity index is 451. The van der Waals surface area contributed by atoms with Crippen molar-refractivity contribution in [3.05, 3.63) is 28.3 Å². The maximum atomic E-state index is 6.24. The molecule has 1 unspecified atom stereocenters. The van der Waals surface area contributed by atoms with Crippen molar-refractivity contribution in [3.63, 3.8) is 0 Å². The highest BCUT2D eigenvalue weighted by atomic mass is 35.5. The third-order valence-corrected chi connectivity index (χ3v) is 4.05. The molecule has 1 N–H and O–H groups in total. The Labute approximate surface area is 133 Å². The van der Waals surface area contributed by atoms with E-state index in [1.165, 1.54) is 11.1 Å². The lowest BCUT2D eigenvalue weighted by molar-refractivity contribution is 0.140. The monoisotopic (exact) mass is 311 g/mol. The van der Waals surface area contributed by atoms with Gasteiger partial charge in [0.1, 0.15) is 5.75 Å². The van der Waals surface area contributed by atoms with Gasteiger partial charge in [-0.1, -0.05) is 18.5 Å². The third-order valence-electron chi connectivity index (χ3n) is 3.83. The molecule has 2 rings (SSSR count). The van der Waals surface area contributed by atoms with Crippen LogP contribution in [0.25, 0.3) is 0 Å². The van der Waals surface area contributed by atoms with Gasteiger partial charge in [0.2, 0.25) is 0 Å². The first-order valence-electron chi connectivity index (χ1n) is 7.99. The first kappa shape index (κ1) is 16.6. The van der Waals surface area contributed by atoms with Crippen molar-refractivity contribution >= 4 is 11.6 Å². The van der Waals surface area contributed by atoms with Gasteiger partial charge in [0.15, 0.2) is 0 Å². The fraction of sp³-hybridized carbons (Fsp3) is 0.647. The molecule has 0 spiro atoms. The van der Waals surface area contributed by atoms with Crippen LogP contribution in [0.15, 0.2) is 12.1 Å². The van der Waals surface area contributed by atoms with E-state index in [4.69, 9.17) is 21.1 Å². The predicted molar refractivity (Wildman–Crippen MR) is 87.5 cm³/mol. The van der Waals surface area contributed by atoms with Crippen LogP contribution in [0.3, 0.4) is 0 Å². The number of benzene rings is 1. The highest BCUT2D eigenvalue weighted by Gasteiger charge is 2.20. The molecule has 0 bridgehead atoms. The van der Waals surface area contributed by atoms with Gasteiger partial charge in [0.25, 0.3) is 0 Å². The molecule has 21 heavy (non-hydrogen) atoms. The summed E-state index contributed by atoms with van der Waals surface area (Å²) in [6.45, 7) is 7.56. The molecule has 0 aromatic heterocycles. The van der Waals surface area contributed by atoms with E-state index in [0.717, 1.165) is 62.8 Å². The molecule has 1 atom stereocenters. The van der Waals surface area contributed by atoms with Crippen LogP contribution in [0, 0.1) is 0 Å². The molecule has 0 saturated carbocycles. The first-order valence-corrected chi connectivity index (χ1v) is 8.37. The number of halogens is 1. The summed E-state index contributed by atoms with van der Waals surface area (Å²) in [6.07, 6.45) is 4.12. The first-order chi connectivity index (χ1) is 10.2. The summed E-state index contributed by atoms with van der Waals surface area (Å²) in [5.41, 5.74) is 2.49. The average molecular weight is 312 g/mol. The SMILES string of the molecule is CCNC(CCCOCC)Cc1cc(Cl)cc2c1OCC2. The molecular weight excluding hydrogens is 286 g/mol. The molecule has 4 heteroatoms. The van der Waals surface area contributed by atoms with E-state index in [0.29, 0.717) is 6.04 Å². The van der Waals surface area contributed by atoms with Crippen LogP contribution in [-0.2, 0) is 17.6 Å². The van der Waals surface area contributed by atoms with E-state index in [1.54, 1.807) is 0 Å². The third kappa shape index (κ3) is 4.87. The van der Waals surface area contributed by atoms with Gasteiger partial charge in [-0.2, -0.15) is 0 Å². The zero-order chi connectivity index (χ0) is 15.1. The topological polar surface area (TPSA) is 30.5 Å². The zero-order valence-corrected chi connectivity index (χ0v) is 13.8. The van der Waals surface area contributed by atoms with Gasteiger partial charge >= 0.3 is 0 Å². The number of likely N-dealkylation sites (N-methyl/N-ethyl adjacent to an activating group) is 1. The van der Waals surface area contributed by atoms with Gasteiger partial charge in [-0.25, -0.2) is 0 Å². The lowest BCUT2D eigenvalue weighted by Crippen LogP contribution is -2.31. The molecule has 118 valence electrons. The van der Waals surface area contributed by atoms with Gasteiger partial charge in [0, 0.05) is 30.7 Å². The van der Waals surface area contributed by atoms with Crippen molar-refractivity contribution in [1.29, 1.82) is 0 Å². The van der Waals surface area contributed by atoms with Crippen LogP contribution in [0.2, 0.25) is 5.02 Å². The Morgan fingerprint density at radius 1 is 1.38 bits per heavy atom. The Morgan fingerprint density at radius 3 is 3.00 bits per heavy atom. The molecule has 3 nitrogen and oxygen atoms in total. The zero-order valence-electron chi connectivity index (χ0n) is 13.1. The van der Waals surface area contributed by atoms with E-state index in [2.05, 4.69) is 18.3 Å². The fourth-order valence-corrected chi connectivity index (χ4v) is 3.17. The standard InChI is InChI=1S/C17H26ClNO2/c1-3-19-16(6-5-8-20-4-2)12-14-11-15(18)10-13-7-9-21-17(13)14/h10-11,16,19H,3-9,12H2,1-2H3. The van der Waals surface area contributed by atoms with Crippen LogP contribution >= 0.6 is 11.6 Å². The van der Waals surface area contributed by atoms with Crippen LogP contribution in [-0.4, -0.2) is 32.4 Å². The molecule has 1 aromatic rings. The van der Waals surface area contributed by atoms with Crippen molar-refractivity contribution in [1.82, 2.24) is 5.32 Å². The fourth-order valence-electron chi connectivity index (χ4n) is 2.90. The number of ether oxygens (including phenoxy) is 2. The second-order valence-electron chi connectivity index (χ2n) is 5.45. The maximum absolute atomic E-state index is 6.24. The van der Waals surface area contributed by atoms with Gasteiger partial charge in [-0.15, -0.1) is 0 Å². The normalized spacial score (nSPS) is 14.8. The summed E-state index contributed by atoms with van der Waals surface area (Å²) in [6, 6.07) is 4.53. The Kier molecular flexibility index (Phi) is 6.81. The van der Waals surface area contributed by atoms with Crippen molar-refractivity contribution < 1.29 is 9.47 Å². The van der Waals surface area contributed by atoms with E-state index >= 15 is 0 Å². The number of hydrogen-bond acceptors (Lipinski definition) is 3. The van der Waals surface area contributed by atoms with Gasteiger partial charge < -0.3 is 14.8 Å². The smallest absolute Gasteiger partial charge is 0.125 e. The number of fused-ring (bicyclic) bond motifs is 1. The largest absolute Gasteiger partial charge is 0.493 e. The van der Waals surface area contributed by atoms with Crippen LogP contribution in [0.4, 0.5) is 0 Å². The predicted octanol–water partition coefficient (Wildman–Crippen LogP) is 3.61. The summed E-state index contributed by atoms with van der Waals surface area (Å²) in [5.74, 6) is 1.06. The van der Waals surface area contributed by atoms with E-state index in [1.807, 2.05) is 13.0 Å². The quantitative estimate of drug-likeness (QED) is 0.707. The second-order valence-corrected chi connectivity index (χ2v) is 5.89. The number of rotatable bonds is 9. The van der Waals surface area contributed by atoms with Crippen LogP contribution < -0.4 is 10.1 Å². The van der Waals surface area contributed by atoms with E-state index in [9.17, 15) is 0 Å². The minimum absolute atomic E-state index is 0.447. The average Bonchev–Trinajstić information content (AvgIpc) is 2.92. The molecule has 0 saturated heterocycles. The summed E-state index contributed by atoms with van der Waals surface area (Å²) < 4.78 is 11.2. The van der Waals surface area contributed by atoms with Gasteiger partial charge in [0.05, 0.1) is 6.61 Å². The molecule has 0 radical (unpaired) electrons. The highest BCUT2D eigenvalue weighted by molar-refractivity contribution is 6.30. The summed E-state index contributed by atoms with van der Waals surface area (Å²) in [7, 11) is 0. The molecule has 1 aliphatic heterocycles. The number of hydrogen-bond donors (Lipinski definition) is 1. The van der Waals surface area contributed by atoms with Crippen molar-refractivity contribution in [2.75, 3.05) is 26.4 Å². The van der Waals surface area contributed by atoms with Crippen LogP contribution in [0.1, 0.15) is 37.8 Å². The lowest BCUT2D eigenvalue weighted by Gasteiger charge is -2.19. The highest BCUT2D eigenvalue weighted by Crippen LogP contribution is 2.33. The maximum Gasteiger partial charge on any atom is 0.125 e. The summed E-state index contributed by atoms with van der Waals surface area (Å²) in [4.78, 5) is 0. The minimum atomic E-state index is 0.447. The summed E-state index contributed by atoms with van der Waals surface area (Å²) in [5, 5.41) is 4.38. The Morgan fingerprint density at radius 2 is 2.24 bits per heavy atom. The molecule has 1 aromatic carbocycles. The van der Waals surface area contributed by atoms with E-state index < -0.39 is 0 Å². The van der Waals surface area contributed by atoms with E-state index in [-0.39, 0.29) is 0 Å². The van der Waals surface area contributed by atoms with Crippen molar-refractivity contribution in [2.45, 2.75) is 45.6 Å². The molecule has 1 heterocycles. The molecule has 0 aliphatic carbocycles. The minimum Gasteiger partial charge on any atom is -0.493 e. The second kappa shape index (κ2) is 8.62. The molecule has 1 aliphatic rings. The molecule has 0 fully saturated rings. The molecule has 0 amide bonds. The number of nitrogens with one attached hydrogen (secondary N) is 1. The van der Waals surface area contributed by atoms with Gasteiger partial charge in [-0.3, -0.25) is 0 Å². The molecular formula is C17H26ClNO2. The Balaban J connectivity index is 1.99. The van der Waals surface area contributed by atoms with Crippen molar-refractivity contribution in [2.24, 2.45) is 0 Å². The lowest BCUT2D eigenvalue weighted by atomic mass is 9.98.